The molecule has 1 amide bonds. The number of hydrogen-bond acceptors (Lipinski definition) is 3. The number of carbonyl (C=O) groups excluding carboxylic acids is 1. The zero-order valence-electron chi connectivity index (χ0n) is 11.0. The third kappa shape index (κ3) is 3.44. The molecule has 1 aliphatic heterocycles. The summed E-state index contributed by atoms with van der Waals surface area (Å²) in [6.45, 7) is 4.74. The number of rotatable bonds is 4. The van der Waals surface area contributed by atoms with Gasteiger partial charge in [-0.3, -0.25) is 4.79 Å². The maximum atomic E-state index is 12.2. The van der Waals surface area contributed by atoms with E-state index in [9.17, 15) is 4.79 Å². The van der Waals surface area contributed by atoms with Gasteiger partial charge >= 0.3 is 0 Å². The number of piperidine rings is 1. The first kappa shape index (κ1) is 14.0. The highest BCUT2D eigenvalue weighted by Crippen LogP contribution is 2.22. The molecule has 0 aliphatic carbocycles. The van der Waals surface area contributed by atoms with Crippen molar-refractivity contribution in [2.75, 3.05) is 13.7 Å². The number of nitrogens with zero attached hydrogens (tertiary/aromatic N) is 2. The number of nitriles is 1. The number of hydrogen-bond donors (Lipinski definition) is 0. The van der Waals surface area contributed by atoms with Crippen LogP contribution in [0.2, 0.25) is 0 Å². The molecule has 1 rings (SSSR count). The molecule has 0 spiro atoms. The quantitative estimate of drug-likeness (QED) is 0.752. The van der Waals surface area contributed by atoms with Crippen molar-refractivity contribution in [1.82, 2.24) is 4.90 Å². The van der Waals surface area contributed by atoms with Crippen LogP contribution < -0.4 is 0 Å². The first-order chi connectivity index (χ1) is 8.13. The fraction of sp³-hybridized carbons (Fsp3) is 0.846. The monoisotopic (exact) mass is 238 g/mol. The van der Waals surface area contributed by atoms with Crippen LogP contribution in [0, 0.1) is 17.2 Å². The van der Waals surface area contributed by atoms with Crippen LogP contribution >= 0.6 is 0 Å². The van der Waals surface area contributed by atoms with Crippen LogP contribution in [0.25, 0.3) is 0 Å². The van der Waals surface area contributed by atoms with E-state index >= 15 is 0 Å². The number of likely N-dealkylation sites (tertiary alicyclic amines) is 1. The molecule has 0 saturated carbocycles. The summed E-state index contributed by atoms with van der Waals surface area (Å²) in [7, 11) is 1.71. The first-order valence-corrected chi connectivity index (χ1v) is 6.36. The van der Waals surface area contributed by atoms with E-state index in [1.807, 2.05) is 18.7 Å². The van der Waals surface area contributed by atoms with Gasteiger partial charge in [0.2, 0.25) is 5.91 Å². The maximum Gasteiger partial charge on any atom is 0.240 e. The highest BCUT2D eigenvalue weighted by atomic mass is 16.5. The third-order valence-corrected chi connectivity index (χ3v) is 3.48. The molecular formula is C13H22N2O2. The predicted octanol–water partition coefficient (Wildman–Crippen LogP) is 1.95. The maximum absolute atomic E-state index is 12.2. The minimum absolute atomic E-state index is 0.00333. The number of methoxy groups -OCH3 is 1. The molecule has 96 valence electrons. The van der Waals surface area contributed by atoms with Gasteiger partial charge in [0.05, 0.1) is 12.2 Å². The molecule has 17 heavy (non-hydrogen) atoms. The number of amides is 1. The van der Waals surface area contributed by atoms with Crippen LogP contribution in [-0.2, 0) is 9.53 Å². The van der Waals surface area contributed by atoms with Gasteiger partial charge in [-0.15, -0.1) is 0 Å². The van der Waals surface area contributed by atoms with Gasteiger partial charge in [-0.25, -0.2) is 0 Å². The molecule has 1 heterocycles. The van der Waals surface area contributed by atoms with Crippen molar-refractivity contribution in [3.8, 4) is 6.07 Å². The van der Waals surface area contributed by atoms with Gasteiger partial charge in [0.15, 0.2) is 0 Å². The molecule has 0 aromatic heterocycles. The molecule has 0 aromatic rings. The van der Waals surface area contributed by atoms with Gasteiger partial charge in [-0.05, 0) is 26.2 Å². The Morgan fingerprint density at radius 2 is 2.35 bits per heavy atom. The molecule has 0 N–H and O–H groups in total. The lowest BCUT2D eigenvalue weighted by Crippen LogP contribution is -2.48. The van der Waals surface area contributed by atoms with Crippen LogP contribution in [0.5, 0.6) is 0 Å². The lowest BCUT2D eigenvalue weighted by molar-refractivity contribution is -0.139. The second kappa shape index (κ2) is 6.61. The molecule has 1 aliphatic rings. The number of carbonyl (C=O) groups is 1. The SMILES string of the molecule is CCCC(C#N)C(=O)N1CCC(OC)CC1C. The van der Waals surface area contributed by atoms with E-state index in [4.69, 9.17) is 10.00 Å². The summed E-state index contributed by atoms with van der Waals surface area (Å²) in [6, 6.07) is 2.30. The van der Waals surface area contributed by atoms with E-state index in [1.54, 1.807) is 7.11 Å². The van der Waals surface area contributed by atoms with Gasteiger partial charge in [0, 0.05) is 19.7 Å². The summed E-state index contributed by atoms with van der Waals surface area (Å²) in [4.78, 5) is 14.0. The average Bonchev–Trinajstić information content (AvgIpc) is 2.35. The molecule has 4 nitrogen and oxygen atoms in total. The summed E-state index contributed by atoms with van der Waals surface area (Å²) in [5, 5.41) is 9.02. The van der Waals surface area contributed by atoms with Crippen LogP contribution in [-0.4, -0.2) is 36.6 Å². The van der Waals surface area contributed by atoms with Gasteiger partial charge in [-0.1, -0.05) is 13.3 Å². The predicted molar refractivity (Wildman–Crippen MR) is 65.2 cm³/mol. The Bertz CT molecular complexity index is 298. The smallest absolute Gasteiger partial charge is 0.240 e. The summed E-state index contributed by atoms with van der Waals surface area (Å²) < 4.78 is 5.32. The van der Waals surface area contributed by atoms with Gasteiger partial charge < -0.3 is 9.64 Å². The highest BCUT2D eigenvalue weighted by Gasteiger charge is 2.32. The second-order valence-corrected chi connectivity index (χ2v) is 4.73. The molecule has 0 radical (unpaired) electrons. The van der Waals surface area contributed by atoms with E-state index in [-0.39, 0.29) is 18.1 Å². The standard InChI is InChI=1S/C13H22N2O2/c1-4-5-11(9-14)13(16)15-7-6-12(17-3)8-10(15)2/h10-12H,4-8H2,1-3H3. The van der Waals surface area contributed by atoms with Crippen LogP contribution in [0.1, 0.15) is 39.5 Å². The van der Waals surface area contributed by atoms with Crippen molar-refractivity contribution in [2.45, 2.75) is 51.7 Å². The summed E-state index contributed by atoms with van der Waals surface area (Å²) in [5.41, 5.74) is 0. The Kier molecular flexibility index (Phi) is 5.43. The van der Waals surface area contributed by atoms with Crippen LogP contribution in [0.4, 0.5) is 0 Å². The zero-order chi connectivity index (χ0) is 12.8. The Labute approximate surface area is 104 Å². The van der Waals surface area contributed by atoms with E-state index in [2.05, 4.69) is 6.07 Å². The van der Waals surface area contributed by atoms with Crippen molar-refractivity contribution >= 4 is 5.91 Å². The van der Waals surface area contributed by atoms with E-state index in [1.165, 1.54) is 0 Å². The first-order valence-electron chi connectivity index (χ1n) is 6.36. The molecule has 0 aromatic carbocycles. The van der Waals surface area contributed by atoms with Crippen molar-refractivity contribution in [3.63, 3.8) is 0 Å². The zero-order valence-corrected chi connectivity index (χ0v) is 11.0. The summed E-state index contributed by atoms with van der Waals surface area (Å²) >= 11 is 0. The Balaban J connectivity index is 2.61. The fourth-order valence-electron chi connectivity index (χ4n) is 2.40. The molecule has 1 saturated heterocycles. The lowest BCUT2D eigenvalue weighted by Gasteiger charge is -2.38. The number of ether oxygens (including phenoxy) is 1. The average molecular weight is 238 g/mol. The molecule has 0 bridgehead atoms. The van der Waals surface area contributed by atoms with Crippen molar-refractivity contribution in [1.29, 1.82) is 5.26 Å². The lowest BCUT2D eigenvalue weighted by atomic mass is 9.96. The minimum atomic E-state index is -0.471. The third-order valence-electron chi connectivity index (χ3n) is 3.48. The Morgan fingerprint density at radius 3 is 2.82 bits per heavy atom. The Morgan fingerprint density at radius 1 is 1.65 bits per heavy atom. The summed E-state index contributed by atoms with van der Waals surface area (Å²) in [6.07, 6.45) is 3.52. The summed E-state index contributed by atoms with van der Waals surface area (Å²) in [5.74, 6) is -0.474. The van der Waals surface area contributed by atoms with Crippen molar-refractivity contribution < 1.29 is 9.53 Å². The van der Waals surface area contributed by atoms with Crippen molar-refractivity contribution in [2.24, 2.45) is 5.92 Å². The normalized spacial score (nSPS) is 26.4. The Hall–Kier alpha value is -1.08. The largest absolute Gasteiger partial charge is 0.381 e. The molecule has 3 unspecified atom stereocenters. The van der Waals surface area contributed by atoms with Crippen LogP contribution in [0.3, 0.4) is 0 Å². The van der Waals surface area contributed by atoms with Crippen molar-refractivity contribution in [3.05, 3.63) is 0 Å². The molecular weight excluding hydrogens is 216 g/mol. The van der Waals surface area contributed by atoms with Crippen LogP contribution in [0.15, 0.2) is 0 Å². The molecule has 4 heteroatoms. The van der Waals surface area contributed by atoms with Gasteiger partial charge in [0.25, 0.3) is 0 Å². The topological polar surface area (TPSA) is 53.3 Å². The molecule has 1 fully saturated rings. The van der Waals surface area contributed by atoms with E-state index in [0.29, 0.717) is 13.0 Å². The van der Waals surface area contributed by atoms with Gasteiger partial charge in [0.1, 0.15) is 5.92 Å². The van der Waals surface area contributed by atoms with Gasteiger partial charge in [-0.2, -0.15) is 5.26 Å². The highest BCUT2D eigenvalue weighted by molar-refractivity contribution is 5.81. The fourth-order valence-corrected chi connectivity index (χ4v) is 2.40. The second-order valence-electron chi connectivity index (χ2n) is 4.73. The van der Waals surface area contributed by atoms with E-state index in [0.717, 1.165) is 19.3 Å². The molecule has 3 atom stereocenters. The van der Waals surface area contributed by atoms with E-state index < -0.39 is 5.92 Å². The minimum Gasteiger partial charge on any atom is -0.381 e.